The van der Waals surface area contributed by atoms with Crippen molar-refractivity contribution in [3.63, 3.8) is 0 Å². The number of hydrogen-bond acceptors (Lipinski definition) is 2. The summed E-state index contributed by atoms with van der Waals surface area (Å²) in [6.45, 7) is 0. The molecule has 0 aromatic heterocycles. The third kappa shape index (κ3) is 4.11. The molecule has 0 N–H and O–H groups in total. The SMILES string of the molecule is O=P(c1ccccc1)(c1ccccc1)c1c(P(=O)(c2ccccc2)c2ccccc2)c2ccccc2c2ccccc12. The minimum absolute atomic E-state index is 0.644. The van der Waals surface area contributed by atoms with Crippen LogP contribution in [0, 0.1) is 0 Å². The van der Waals surface area contributed by atoms with Crippen molar-refractivity contribution in [2.45, 2.75) is 0 Å². The summed E-state index contributed by atoms with van der Waals surface area (Å²) >= 11 is 0. The predicted molar refractivity (Wildman–Crippen MR) is 180 cm³/mol. The molecular formula is C38H28O2P2. The van der Waals surface area contributed by atoms with Crippen LogP contribution >= 0.6 is 14.3 Å². The summed E-state index contributed by atoms with van der Waals surface area (Å²) in [7, 11) is -7.15. The Balaban J connectivity index is 1.78. The molecule has 7 rings (SSSR count). The van der Waals surface area contributed by atoms with E-state index in [0.29, 0.717) is 31.8 Å². The van der Waals surface area contributed by atoms with Crippen molar-refractivity contribution in [3.8, 4) is 0 Å². The van der Waals surface area contributed by atoms with Gasteiger partial charge in [-0.25, -0.2) is 0 Å². The van der Waals surface area contributed by atoms with Gasteiger partial charge in [-0.15, -0.1) is 0 Å². The van der Waals surface area contributed by atoms with Crippen LogP contribution in [0.4, 0.5) is 0 Å². The van der Waals surface area contributed by atoms with Gasteiger partial charge in [0.1, 0.15) is 0 Å². The molecule has 202 valence electrons. The Labute approximate surface area is 246 Å². The van der Waals surface area contributed by atoms with Crippen molar-refractivity contribution in [3.05, 3.63) is 170 Å². The van der Waals surface area contributed by atoms with Crippen LogP contribution in [0.15, 0.2) is 170 Å². The van der Waals surface area contributed by atoms with Crippen molar-refractivity contribution >= 4 is 67.7 Å². The number of fused-ring (bicyclic) bond motifs is 3. The maximum atomic E-state index is 16.3. The summed E-state index contributed by atoms with van der Waals surface area (Å²) in [6.07, 6.45) is 0. The third-order valence-electron chi connectivity index (χ3n) is 7.99. The molecule has 0 bridgehead atoms. The topological polar surface area (TPSA) is 34.1 Å². The quantitative estimate of drug-likeness (QED) is 0.154. The molecule has 42 heavy (non-hydrogen) atoms. The van der Waals surface area contributed by atoms with Gasteiger partial charge in [0, 0.05) is 31.8 Å². The lowest BCUT2D eigenvalue weighted by Crippen LogP contribution is -2.39. The second-order valence-electron chi connectivity index (χ2n) is 10.3. The third-order valence-corrected chi connectivity index (χ3v) is 14.5. The first-order valence-corrected chi connectivity index (χ1v) is 17.4. The second kappa shape index (κ2) is 10.7. The van der Waals surface area contributed by atoms with Crippen LogP contribution in [0.25, 0.3) is 21.5 Å². The lowest BCUT2D eigenvalue weighted by Gasteiger charge is -2.30. The van der Waals surface area contributed by atoms with Gasteiger partial charge >= 0.3 is 0 Å². The van der Waals surface area contributed by atoms with Gasteiger partial charge in [-0.05, 0) is 21.5 Å². The highest BCUT2D eigenvalue weighted by molar-refractivity contribution is 7.91. The molecule has 0 unspecified atom stereocenters. The zero-order valence-corrected chi connectivity index (χ0v) is 24.7. The number of benzene rings is 7. The average Bonchev–Trinajstić information content (AvgIpc) is 3.08. The van der Waals surface area contributed by atoms with Gasteiger partial charge in [0.05, 0.1) is 0 Å². The van der Waals surface area contributed by atoms with Gasteiger partial charge in [-0.1, -0.05) is 170 Å². The van der Waals surface area contributed by atoms with Crippen LogP contribution in [0.2, 0.25) is 0 Å². The normalized spacial score (nSPS) is 12.0. The van der Waals surface area contributed by atoms with Crippen LogP contribution in [0.1, 0.15) is 0 Å². The first-order valence-electron chi connectivity index (χ1n) is 14.0. The van der Waals surface area contributed by atoms with E-state index in [1.807, 2.05) is 158 Å². The van der Waals surface area contributed by atoms with E-state index in [1.165, 1.54) is 0 Å². The summed E-state index contributed by atoms with van der Waals surface area (Å²) in [6, 6.07) is 55.0. The Kier molecular flexibility index (Phi) is 6.75. The zero-order chi connectivity index (χ0) is 28.6. The molecule has 0 saturated heterocycles. The van der Waals surface area contributed by atoms with Crippen molar-refractivity contribution in [1.29, 1.82) is 0 Å². The van der Waals surface area contributed by atoms with Crippen LogP contribution in [-0.2, 0) is 9.13 Å². The fourth-order valence-electron chi connectivity index (χ4n) is 6.11. The number of hydrogen-bond donors (Lipinski definition) is 0. The van der Waals surface area contributed by atoms with Gasteiger partial charge in [-0.2, -0.15) is 0 Å². The molecule has 0 spiro atoms. The molecule has 7 aromatic carbocycles. The lowest BCUT2D eigenvalue weighted by molar-refractivity contribution is 0.590. The van der Waals surface area contributed by atoms with E-state index in [4.69, 9.17) is 0 Å². The Morgan fingerprint density at radius 2 is 0.476 bits per heavy atom. The fraction of sp³-hybridized carbons (Fsp3) is 0. The molecule has 0 fully saturated rings. The Bertz CT molecular complexity index is 1880. The van der Waals surface area contributed by atoms with Crippen molar-refractivity contribution in [2.75, 3.05) is 0 Å². The molecule has 0 atom stereocenters. The van der Waals surface area contributed by atoms with E-state index in [2.05, 4.69) is 12.1 Å². The Hall–Kier alpha value is -4.48. The molecule has 0 heterocycles. The van der Waals surface area contributed by atoms with Crippen LogP contribution in [-0.4, -0.2) is 0 Å². The minimum Gasteiger partial charge on any atom is -0.309 e. The van der Waals surface area contributed by atoms with Gasteiger partial charge in [0.25, 0.3) is 0 Å². The molecule has 0 aliphatic carbocycles. The highest BCUT2D eigenvalue weighted by atomic mass is 31.2. The van der Waals surface area contributed by atoms with Crippen molar-refractivity contribution < 1.29 is 9.13 Å². The molecule has 0 amide bonds. The molecule has 0 aliphatic rings. The van der Waals surface area contributed by atoms with E-state index < -0.39 is 14.3 Å². The van der Waals surface area contributed by atoms with Gasteiger partial charge in [0.15, 0.2) is 14.3 Å². The summed E-state index contributed by atoms with van der Waals surface area (Å²) in [5.41, 5.74) is 0. The standard InChI is InChI=1S/C38H28O2P2/c39-41(29-17-5-1-6-18-29,30-19-7-2-8-20-30)37-35-27-15-13-25-33(35)34-26-14-16-28-36(34)38(37)42(40,31-21-9-3-10-22-31)32-23-11-4-12-24-32/h1-28H. The monoisotopic (exact) mass is 578 g/mol. The zero-order valence-electron chi connectivity index (χ0n) is 22.9. The molecule has 0 radical (unpaired) electrons. The molecule has 2 nitrogen and oxygen atoms in total. The largest absolute Gasteiger partial charge is 0.309 e. The lowest BCUT2D eigenvalue weighted by atomic mass is 10.0. The molecule has 7 aromatic rings. The number of rotatable bonds is 6. The minimum atomic E-state index is -3.57. The smallest absolute Gasteiger partial charge is 0.172 e. The van der Waals surface area contributed by atoms with Crippen LogP contribution in [0.5, 0.6) is 0 Å². The van der Waals surface area contributed by atoms with Gasteiger partial charge < -0.3 is 9.13 Å². The van der Waals surface area contributed by atoms with Crippen LogP contribution < -0.4 is 31.8 Å². The Morgan fingerprint density at radius 3 is 0.738 bits per heavy atom. The van der Waals surface area contributed by atoms with Crippen LogP contribution in [0.3, 0.4) is 0 Å². The summed E-state index contributed by atoms with van der Waals surface area (Å²) in [5.74, 6) is 0. The molecular weight excluding hydrogens is 550 g/mol. The predicted octanol–water partition coefficient (Wildman–Crippen LogP) is 7.27. The van der Waals surface area contributed by atoms with Gasteiger partial charge in [-0.3, -0.25) is 0 Å². The van der Waals surface area contributed by atoms with E-state index in [1.54, 1.807) is 0 Å². The molecule has 0 aliphatic heterocycles. The maximum Gasteiger partial charge on any atom is 0.172 e. The van der Waals surface area contributed by atoms with E-state index >= 15 is 9.13 Å². The first-order chi connectivity index (χ1) is 20.6. The average molecular weight is 579 g/mol. The van der Waals surface area contributed by atoms with Crippen molar-refractivity contribution in [1.82, 2.24) is 0 Å². The maximum absolute atomic E-state index is 16.3. The van der Waals surface area contributed by atoms with E-state index in [-0.39, 0.29) is 0 Å². The molecule has 0 saturated carbocycles. The van der Waals surface area contributed by atoms with E-state index in [0.717, 1.165) is 21.5 Å². The molecule has 4 heteroatoms. The highest BCUT2D eigenvalue weighted by Gasteiger charge is 2.42. The van der Waals surface area contributed by atoms with Crippen molar-refractivity contribution in [2.24, 2.45) is 0 Å². The highest BCUT2D eigenvalue weighted by Crippen LogP contribution is 2.52. The fourth-order valence-corrected chi connectivity index (χ4v) is 12.9. The van der Waals surface area contributed by atoms with E-state index in [9.17, 15) is 0 Å². The summed E-state index contributed by atoms with van der Waals surface area (Å²) in [4.78, 5) is 0. The second-order valence-corrected chi connectivity index (χ2v) is 15.7. The first kappa shape index (κ1) is 26.4. The summed E-state index contributed by atoms with van der Waals surface area (Å²) < 4.78 is 32.6. The van der Waals surface area contributed by atoms with Gasteiger partial charge in [0.2, 0.25) is 0 Å². The Morgan fingerprint density at radius 1 is 0.262 bits per heavy atom. The summed E-state index contributed by atoms with van der Waals surface area (Å²) in [5, 5.41) is 7.84.